The highest BCUT2D eigenvalue weighted by Gasteiger charge is 2.27. The number of aryl methyl sites for hydroxylation is 1. The molecule has 104 valence electrons. The van der Waals surface area contributed by atoms with E-state index in [1.54, 1.807) is 0 Å². The Morgan fingerprint density at radius 2 is 2.32 bits per heavy atom. The van der Waals surface area contributed by atoms with Crippen molar-refractivity contribution in [1.82, 2.24) is 20.2 Å². The predicted molar refractivity (Wildman–Crippen MR) is 72.9 cm³/mol. The van der Waals surface area contributed by atoms with E-state index < -0.39 is 0 Å². The fourth-order valence-electron chi connectivity index (χ4n) is 3.16. The maximum atomic E-state index is 11.3. The summed E-state index contributed by atoms with van der Waals surface area (Å²) in [5, 5.41) is 6.38. The highest BCUT2D eigenvalue weighted by atomic mass is 16.1. The maximum Gasteiger partial charge on any atom is 0.220 e. The zero-order valence-electron chi connectivity index (χ0n) is 11.5. The first-order chi connectivity index (χ1) is 9.29. The molecule has 2 aliphatic rings. The van der Waals surface area contributed by atoms with Gasteiger partial charge in [0.2, 0.25) is 5.91 Å². The van der Waals surface area contributed by atoms with Crippen LogP contribution in [0.5, 0.6) is 0 Å². The summed E-state index contributed by atoms with van der Waals surface area (Å²) in [5.74, 6) is 1.39. The second-order valence-corrected chi connectivity index (χ2v) is 5.46. The molecule has 2 N–H and O–H groups in total. The quantitative estimate of drug-likeness (QED) is 0.852. The monoisotopic (exact) mass is 262 g/mol. The third-order valence-electron chi connectivity index (χ3n) is 4.08. The van der Waals surface area contributed by atoms with Gasteiger partial charge in [-0.1, -0.05) is 6.92 Å². The Morgan fingerprint density at radius 3 is 3.05 bits per heavy atom. The molecule has 5 heteroatoms. The van der Waals surface area contributed by atoms with Crippen molar-refractivity contribution in [2.75, 3.05) is 13.1 Å². The molecule has 19 heavy (non-hydrogen) atoms. The lowest BCUT2D eigenvalue weighted by molar-refractivity contribution is -0.122. The van der Waals surface area contributed by atoms with Crippen LogP contribution >= 0.6 is 0 Å². The zero-order chi connectivity index (χ0) is 13.2. The Balaban J connectivity index is 1.93. The van der Waals surface area contributed by atoms with Gasteiger partial charge in [0.1, 0.15) is 5.82 Å². The van der Waals surface area contributed by atoms with Gasteiger partial charge in [0.15, 0.2) is 0 Å². The predicted octanol–water partition coefficient (Wildman–Crippen LogP) is 0.932. The first kappa shape index (κ1) is 12.7. The molecular weight excluding hydrogens is 240 g/mol. The Morgan fingerprint density at radius 1 is 1.42 bits per heavy atom. The number of rotatable bonds is 3. The number of carbonyl (C=O) groups excluding carboxylic acids is 1. The second-order valence-electron chi connectivity index (χ2n) is 5.46. The topological polar surface area (TPSA) is 59.0 Å². The largest absolute Gasteiger partial charge is 0.354 e. The summed E-state index contributed by atoms with van der Waals surface area (Å²) in [6, 6.07) is 0.397. The lowest BCUT2D eigenvalue weighted by Gasteiger charge is -2.28. The van der Waals surface area contributed by atoms with Gasteiger partial charge in [-0.05, 0) is 12.8 Å². The van der Waals surface area contributed by atoms with Crippen LogP contribution < -0.4 is 10.6 Å². The van der Waals surface area contributed by atoms with Crippen molar-refractivity contribution in [3.05, 3.63) is 17.2 Å². The van der Waals surface area contributed by atoms with Crippen LogP contribution in [0.1, 0.15) is 49.4 Å². The minimum Gasteiger partial charge on any atom is -0.354 e. The lowest BCUT2D eigenvalue weighted by Crippen LogP contribution is -2.37. The summed E-state index contributed by atoms with van der Waals surface area (Å²) < 4.78 is 2.43. The molecule has 0 spiro atoms. The van der Waals surface area contributed by atoms with Crippen molar-refractivity contribution in [2.24, 2.45) is 0 Å². The number of piperidine rings is 1. The molecule has 0 saturated carbocycles. The molecule has 3 heterocycles. The van der Waals surface area contributed by atoms with Crippen molar-refractivity contribution in [1.29, 1.82) is 0 Å². The second kappa shape index (κ2) is 5.33. The van der Waals surface area contributed by atoms with Crippen LogP contribution in [0, 0.1) is 0 Å². The summed E-state index contributed by atoms with van der Waals surface area (Å²) in [6.07, 6.45) is 4.77. The fraction of sp³-hybridized carbons (Fsp3) is 0.714. The number of hydrogen-bond acceptors (Lipinski definition) is 3. The van der Waals surface area contributed by atoms with Gasteiger partial charge in [0.05, 0.1) is 11.7 Å². The van der Waals surface area contributed by atoms with E-state index in [-0.39, 0.29) is 5.91 Å². The van der Waals surface area contributed by atoms with E-state index in [9.17, 15) is 4.79 Å². The van der Waals surface area contributed by atoms with Crippen LogP contribution in [-0.2, 0) is 24.2 Å². The van der Waals surface area contributed by atoms with Gasteiger partial charge < -0.3 is 15.2 Å². The zero-order valence-corrected chi connectivity index (χ0v) is 11.5. The van der Waals surface area contributed by atoms with Crippen LogP contribution in [0.4, 0.5) is 0 Å². The van der Waals surface area contributed by atoms with E-state index in [0.29, 0.717) is 12.5 Å². The number of hydrogen-bond donors (Lipinski definition) is 2. The molecule has 0 radical (unpaired) electrons. The molecule has 0 aromatic carbocycles. The number of nitrogens with one attached hydrogen (secondary N) is 2. The van der Waals surface area contributed by atoms with Crippen molar-refractivity contribution in [3.63, 3.8) is 0 Å². The first-order valence-corrected chi connectivity index (χ1v) is 7.36. The standard InChI is InChI=1S/C14H22N4O/c1-2-3-13-17-11-9-15-7-6-12(11)18(13)10-4-5-14(19)16-8-10/h10,15H,2-9H2,1H3,(H,16,19). The van der Waals surface area contributed by atoms with E-state index in [2.05, 4.69) is 22.1 Å². The highest BCUT2D eigenvalue weighted by Crippen LogP contribution is 2.26. The van der Waals surface area contributed by atoms with Crippen LogP contribution in [0.15, 0.2) is 0 Å². The molecule has 1 saturated heterocycles. The van der Waals surface area contributed by atoms with Crippen molar-refractivity contribution in [3.8, 4) is 0 Å². The average molecular weight is 262 g/mol. The molecule has 5 nitrogen and oxygen atoms in total. The molecule has 1 aromatic rings. The minimum absolute atomic E-state index is 0.184. The van der Waals surface area contributed by atoms with Crippen LogP contribution in [-0.4, -0.2) is 28.5 Å². The molecule has 1 unspecified atom stereocenters. The van der Waals surface area contributed by atoms with Gasteiger partial charge >= 0.3 is 0 Å². The van der Waals surface area contributed by atoms with Crippen molar-refractivity contribution < 1.29 is 4.79 Å². The smallest absolute Gasteiger partial charge is 0.220 e. The Bertz CT molecular complexity index is 470. The number of imidazole rings is 1. The Kier molecular flexibility index (Phi) is 3.55. The number of nitrogens with zero attached hydrogens (tertiary/aromatic N) is 2. The van der Waals surface area contributed by atoms with Gasteiger partial charge in [-0.2, -0.15) is 0 Å². The molecule has 1 aromatic heterocycles. The molecule has 0 bridgehead atoms. The summed E-state index contributed by atoms with van der Waals surface area (Å²) in [6.45, 7) is 4.87. The van der Waals surface area contributed by atoms with E-state index in [1.165, 1.54) is 17.2 Å². The van der Waals surface area contributed by atoms with E-state index in [0.717, 1.165) is 45.3 Å². The van der Waals surface area contributed by atoms with Gasteiger partial charge in [-0.25, -0.2) is 4.98 Å². The molecule has 1 fully saturated rings. The normalized spacial score (nSPS) is 23.0. The van der Waals surface area contributed by atoms with Gasteiger partial charge in [-0.3, -0.25) is 4.79 Å². The molecule has 1 atom stereocenters. The van der Waals surface area contributed by atoms with Gasteiger partial charge in [0.25, 0.3) is 0 Å². The SMILES string of the molecule is CCCc1nc2c(n1C1CCC(=O)NC1)CCNC2. The van der Waals surface area contributed by atoms with Crippen LogP contribution in [0.3, 0.4) is 0 Å². The molecule has 2 aliphatic heterocycles. The molecule has 3 rings (SSSR count). The Labute approximate surface area is 113 Å². The molecule has 0 aliphatic carbocycles. The van der Waals surface area contributed by atoms with Gasteiger partial charge in [0, 0.05) is 44.6 Å². The third kappa shape index (κ3) is 2.39. The highest BCUT2D eigenvalue weighted by molar-refractivity contribution is 5.76. The van der Waals surface area contributed by atoms with E-state index >= 15 is 0 Å². The number of fused-ring (bicyclic) bond motifs is 1. The molecular formula is C14H22N4O. The first-order valence-electron chi connectivity index (χ1n) is 7.36. The summed E-state index contributed by atoms with van der Waals surface area (Å²) in [7, 11) is 0. The molecule has 1 amide bonds. The summed E-state index contributed by atoms with van der Waals surface area (Å²) >= 11 is 0. The lowest BCUT2D eigenvalue weighted by atomic mass is 10.0. The van der Waals surface area contributed by atoms with Gasteiger partial charge in [-0.15, -0.1) is 0 Å². The third-order valence-corrected chi connectivity index (χ3v) is 4.08. The van der Waals surface area contributed by atoms with Crippen LogP contribution in [0.2, 0.25) is 0 Å². The fourth-order valence-corrected chi connectivity index (χ4v) is 3.16. The number of amides is 1. The Hall–Kier alpha value is -1.36. The van der Waals surface area contributed by atoms with Crippen molar-refractivity contribution in [2.45, 2.75) is 51.6 Å². The number of carbonyl (C=O) groups is 1. The van der Waals surface area contributed by atoms with E-state index in [1.807, 2.05) is 0 Å². The summed E-state index contributed by atoms with van der Waals surface area (Å²) in [5.41, 5.74) is 2.61. The maximum absolute atomic E-state index is 11.3. The van der Waals surface area contributed by atoms with Crippen LogP contribution in [0.25, 0.3) is 0 Å². The number of aromatic nitrogens is 2. The van der Waals surface area contributed by atoms with E-state index in [4.69, 9.17) is 4.98 Å². The van der Waals surface area contributed by atoms with Crippen molar-refractivity contribution >= 4 is 5.91 Å². The average Bonchev–Trinajstić information content (AvgIpc) is 2.78. The minimum atomic E-state index is 0.184. The summed E-state index contributed by atoms with van der Waals surface area (Å²) in [4.78, 5) is 16.2.